The van der Waals surface area contributed by atoms with Crippen molar-refractivity contribution in [3.63, 3.8) is 0 Å². The summed E-state index contributed by atoms with van der Waals surface area (Å²) in [7, 11) is -1.62. The van der Waals surface area contributed by atoms with Gasteiger partial charge in [0.1, 0.15) is 0 Å². The summed E-state index contributed by atoms with van der Waals surface area (Å²) in [6.07, 6.45) is 0. The summed E-state index contributed by atoms with van der Waals surface area (Å²) in [6.45, 7) is 3.13. The minimum absolute atomic E-state index is 0.0227. The van der Waals surface area contributed by atoms with E-state index in [4.69, 9.17) is 11.6 Å². The van der Waals surface area contributed by atoms with Gasteiger partial charge >= 0.3 is 0 Å². The highest BCUT2D eigenvalue weighted by Crippen LogP contribution is 2.27. The average molecular weight is 335 g/mol. The number of hydrogen-bond acceptors (Lipinski definition) is 4. The molecule has 112 valence electrons. The summed E-state index contributed by atoms with van der Waals surface area (Å²) < 4.78 is 26.9. The number of hydrogen-bond donors (Lipinski definition) is 1. The molecule has 1 aromatic carbocycles. The van der Waals surface area contributed by atoms with Gasteiger partial charge in [0.15, 0.2) is 0 Å². The van der Waals surface area contributed by atoms with Crippen LogP contribution in [0.15, 0.2) is 23.1 Å². The molecule has 1 aromatic rings. The summed E-state index contributed by atoms with van der Waals surface area (Å²) >= 11 is 7.95. The lowest BCUT2D eigenvalue weighted by Crippen LogP contribution is -2.44. The van der Waals surface area contributed by atoms with Crippen molar-refractivity contribution < 1.29 is 8.42 Å². The second-order valence-electron chi connectivity index (χ2n) is 4.82. The first-order valence-electron chi connectivity index (χ1n) is 6.49. The number of nitrogens with zero attached hydrogens (tertiary/aromatic N) is 1. The van der Waals surface area contributed by atoms with Gasteiger partial charge in [-0.25, -0.2) is 8.42 Å². The predicted molar refractivity (Wildman–Crippen MR) is 84.9 cm³/mol. The zero-order chi connectivity index (χ0) is 14.8. The van der Waals surface area contributed by atoms with Crippen molar-refractivity contribution in [1.82, 2.24) is 9.62 Å². The molecule has 1 fully saturated rings. The fraction of sp³-hybridized carbons (Fsp3) is 0.538. The normalized spacial score (nSPS) is 21.1. The number of thioether (sulfide) groups is 1. The molecule has 0 saturated carbocycles. The SMILES string of the molecule is CNCc1ccc(S(=O)(=O)N2CCSCC2C)cc1Cl. The lowest BCUT2D eigenvalue weighted by Gasteiger charge is -2.32. The maximum absolute atomic E-state index is 12.7. The van der Waals surface area contributed by atoms with E-state index in [-0.39, 0.29) is 10.9 Å². The molecule has 1 N–H and O–H groups in total. The van der Waals surface area contributed by atoms with E-state index in [9.17, 15) is 8.42 Å². The summed E-state index contributed by atoms with van der Waals surface area (Å²) in [4.78, 5) is 0.279. The number of benzene rings is 1. The number of halogens is 1. The molecule has 7 heteroatoms. The van der Waals surface area contributed by atoms with Crippen LogP contribution in [0.25, 0.3) is 0 Å². The Bertz CT molecular complexity index is 578. The zero-order valence-corrected chi connectivity index (χ0v) is 14.0. The zero-order valence-electron chi connectivity index (χ0n) is 11.6. The van der Waals surface area contributed by atoms with Gasteiger partial charge in [0.05, 0.1) is 4.90 Å². The van der Waals surface area contributed by atoms with Gasteiger partial charge < -0.3 is 5.32 Å². The highest BCUT2D eigenvalue weighted by Gasteiger charge is 2.31. The van der Waals surface area contributed by atoms with Crippen LogP contribution >= 0.6 is 23.4 Å². The molecule has 20 heavy (non-hydrogen) atoms. The summed E-state index contributed by atoms with van der Waals surface area (Å²) in [5.41, 5.74) is 0.898. The third kappa shape index (κ3) is 3.31. The molecule has 0 amide bonds. The Morgan fingerprint density at radius 3 is 2.85 bits per heavy atom. The van der Waals surface area contributed by atoms with Gasteiger partial charge in [-0.05, 0) is 31.7 Å². The molecule has 0 bridgehead atoms. The topological polar surface area (TPSA) is 49.4 Å². The van der Waals surface area contributed by atoms with Crippen LogP contribution in [0.1, 0.15) is 12.5 Å². The van der Waals surface area contributed by atoms with Gasteiger partial charge in [-0.2, -0.15) is 16.1 Å². The molecule has 0 radical (unpaired) electrons. The van der Waals surface area contributed by atoms with Crippen LogP contribution in [0.4, 0.5) is 0 Å². The molecule has 1 aliphatic rings. The van der Waals surface area contributed by atoms with Crippen LogP contribution in [0.3, 0.4) is 0 Å². The van der Waals surface area contributed by atoms with E-state index in [0.29, 0.717) is 18.1 Å². The number of rotatable bonds is 4. The predicted octanol–water partition coefficient (Wildman–Crippen LogP) is 2.19. The maximum atomic E-state index is 12.7. The smallest absolute Gasteiger partial charge is 0.243 e. The molecule has 1 unspecified atom stereocenters. The van der Waals surface area contributed by atoms with Gasteiger partial charge in [-0.15, -0.1) is 0 Å². The molecule has 1 atom stereocenters. The van der Waals surface area contributed by atoms with Gasteiger partial charge in [-0.3, -0.25) is 0 Å². The standard InChI is InChI=1S/C13H19ClN2O2S2/c1-10-9-19-6-5-16(10)20(17,18)12-4-3-11(8-15-2)13(14)7-12/h3-4,7,10,15H,5-6,8-9H2,1-2H3. The molecule has 2 rings (SSSR count). The van der Waals surface area contributed by atoms with Crippen molar-refractivity contribution in [3.8, 4) is 0 Å². The van der Waals surface area contributed by atoms with Crippen LogP contribution in [0.5, 0.6) is 0 Å². The lowest BCUT2D eigenvalue weighted by molar-refractivity contribution is 0.367. The first-order chi connectivity index (χ1) is 9.46. The Morgan fingerprint density at radius 1 is 1.50 bits per heavy atom. The highest BCUT2D eigenvalue weighted by atomic mass is 35.5. The van der Waals surface area contributed by atoms with E-state index in [1.807, 2.05) is 14.0 Å². The van der Waals surface area contributed by atoms with E-state index >= 15 is 0 Å². The van der Waals surface area contributed by atoms with Crippen LogP contribution < -0.4 is 5.32 Å². The molecule has 0 spiro atoms. The second-order valence-corrected chi connectivity index (χ2v) is 8.27. The fourth-order valence-corrected chi connectivity index (χ4v) is 5.42. The first-order valence-corrected chi connectivity index (χ1v) is 9.46. The summed E-state index contributed by atoms with van der Waals surface area (Å²) in [6, 6.07) is 4.99. The van der Waals surface area contributed by atoms with Crippen molar-refractivity contribution in [2.75, 3.05) is 25.1 Å². The molecule has 4 nitrogen and oxygen atoms in total. The lowest BCUT2D eigenvalue weighted by atomic mass is 10.2. The van der Waals surface area contributed by atoms with Gasteiger partial charge in [0.2, 0.25) is 10.0 Å². The molecule has 1 aliphatic heterocycles. The van der Waals surface area contributed by atoms with Crippen molar-refractivity contribution in [1.29, 1.82) is 0 Å². The molecule has 1 saturated heterocycles. The van der Waals surface area contributed by atoms with Crippen molar-refractivity contribution in [2.45, 2.75) is 24.4 Å². The largest absolute Gasteiger partial charge is 0.316 e. The quantitative estimate of drug-likeness (QED) is 0.917. The highest BCUT2D eigenvalue weighted by molar-refractivity contribution is 7.99. The molecule has 1 heterocycles. The monoisotopic (exact) mass is 334 g/mol. The first kappa shape index (κ1) is 16.1. The van der Waals surface area contributed by atoms with E-state index < -0.39 is 10.0 Å². The van der Waals surface area contributed by atoms with Crippen LogP contribution in [-0.4, -0.2) is 43.9 Å². The third-order valence-electron chi connectivity index (χ3n) is 3.31. The fourth-order valence-electron chi connectivity index (χ4n) is 2.23. The summed E-state index contributed by atoms with van der Waals surface area (Å²) in [5, 5.41) is 3.49. The Kier molecular flexibility index (Phi) is 5.36. The van der Waals surface area contributed by atoms with E-state index in [0.717, 1.165) is 17.1 Å². The number of sulfonamides is 1. The second kappa shape index (κ2) is 6.66. The maximum Gasteiger partial charge on any atom is 0.243 e. The van der Waals surface area contributed by atoms with Gasteiger partial charge in [0, 0.05) is 35.7 Å². The Morgan fingerprint density at radius 2 is 2.25 bits per heavy atom. The van der Waals surface area contributed by atoms with Gasteiger partial charge in [-0.1, -0.05) is 17.7 Å². The number of nitrogens with one attached hydrogen (secondary N) is 1. The van der Waals surface area contributed by atoms with E-state index in [1.165, 1.54) is 0 Å². The van der Waals surface area contributed by atoms with Gasteiger partial charge in [0.25, 0.3) is 0 Å². The van der Waals surface area contributed by atoms with Crippen LogP contribution in [0, 0.1) is 0 Å². The summed E-state index contributed by atoms with van der Waals surface area (Å²) in [5.74, 6) is 1.68. The van der Waals surface area contributed by atoms with Crippen molar-refractivity contribution in [3.05, 3.63) is 28.8 Å². The van der Waals surface area contributed by atoms with Crippen molar-refractivity contribution in [2.24, 2.45) is 0 Å². The van der Waals surface area contributed by atoms with Crippen LogP contribution in [-0.2, 0) is 16.6 Å². The Hall–Kier alpha value is -0.270. The molecule has 0 aromatic heterocycles. The van der Waals surface area contributed by atoms with Crippen LogP contribution in [0.2, 0.25) is 5.02 Å². The Labute approximate surface area is 129 Å². The van der Waals surface area contributed by atoms with E-state index in [1.54, 1.807) is 34.3 Å². The van der Waals surface area contributed by atoms with E-state index in [2.05, 4.69) is 5.32 Å². The average Bonchev–Trinajstić information content (AvgIpc) is 2.41. The molecular weight excluding hydrogens is 316 g/mol. The third-order valence-corrected chi connectivity index (χ3v) is 6.86. The van der Waals surface area contributed by atoms with Crippen molar-refractivity contribution >= 4 is 33.4 Å². The molecule has 0 aliphatic carbocycles. The minimum atomic E-state index is -3.45. The minimum Gasteiger partial charge on any atom is -0.316 e. The Balaban J connectivity index is 2.31. The molecular formula is C13H19ClN2O2S2.